The van der Waals surface area contributed by atoms with Crippen molar-refractivity contribution in [3.05, 3.63) is 47.4 Å². The van der Waals surface area contributed by atoms with E-state index in [1.54, 1.807) is 7.05 Å². The predicted octanol–water partition coefficient (Wildman–Crippen LogP) is 1.50. The highest BCUT2D eigenvalue weighted by molar-refractivity contribution is 6.09. The maximum Gasteiger partial charge on any atom is 0.337 e. The molecule has 0 aliphatic rings. The van der Waals surface area contributed by atoms with Gasteiger partial charge in [-0.25, -0.2) is 9.18 Å². The van der Waals surface area contributed by atoms with E-state index in [2.05, 4.69) is 9.73 Å². The molecule has 17 heavy (non-hydrogen) atoms. The van der Waals surface area contributed by atoms with E-state index in [4.69, 9.17) is 5.73 Å². The van der Waals surface area contributed by atoms with E-state index in [0.717, 1.165) is 6.07 Å². The molecule has 0 saturated carbocycles. The number of allylic oxidation sites excluding steroid dienone is 1. The Labute approximate surface area is 98.6 Å². The van der Waals surface area contributed by atoms with Gasteiger partial charge in [-0.1, -0.05) is 0 Å². The zero-order valence-corrected chi connectivity index (χ0v) is 9.61. The van der Waals surface area contributed by atoms with Crippen LogP contribution < -0.4 is 5.73 Å². The molecular weight excluding hydrogens is 223 g/mol. The molecule has 0 fully saturated rings. The van der Waals surface area contributed by atoms with Crippen molar-refractivity contribution in [3.63, 3.8) is 0 Å². The van der Waals surface area contributed by atoms with Crippen LogP contribution in [0, 0.1) is 5.82 Å². The molecule has 0 aliphatic carbocycles. The molecule has 0 aliphatic heterocycles. The number of hydrogen-bond acceptors (Lipinski definition) is 4. The average molecular weight is 236 g/mol. The van der Waals surface area contributed by atoms with Gasteiger partial charge >= 0.3 is 5.97 Å². The molecule has 90 valence electrons. The van der Waals surface area contributed by atoms with Crippen LogP contribution in [0.4, 0.5) is 4.39 Å². The number of esters is 1. The fourth-order valence-corrected chi connectivity index (χ4v) is 1.36. The molecule has 0 bridgehead atoms. The summed E-state index contributed by atoms with van der Waals surface area (Å²) in [5.41, 5.74) is 6.34. The molecule has 0 heterocycles. The Bertz CT molecular complexity index is 481. The molecule has 1 rings (SSSR count). The number of carbonyl (C=O) groups excluding carboxylic acids is 1. The number of methoxy groups -OCH3 is 1. The molecule has 0 spiro atoms. The largest absolute Gasteiger partial charge is 0.465 e. The summed E-state index contributed by atoms with van der Waals surface area (Å²) in [6, 6.07) is 3.88. The first-order valence-corrected chi connectivity index (χ1v) is 4.86. The van der Waals surface area contributed by atoms with Crippen molar-refractivity contribution in [1.82, 2.24) is 0 Å². The Hall–Kier alpha value is -2.17. The second-order valence-corrected chi connectivity index (χ2v) is 3.19. The lowest BCUT2D eigenvalue weighted by molar-refractivity contribution is 0.0600. The Morgan fingerprint density at radius 2 is 2.06 bits per heavy atom. The first kappa shape index (κ1) is 12.9. The molecular formula is C12H13FN2O2. The number of benzene rings is 1. The number of halogens is 1. The van der Waals surface area contributed by atoms with Crippen LogP contribution in [0.3, 0.4) is 0 Å². The molecule has 0 atom stereocenters. The van der Waals surface area contributed by atoms with E-state index in [1.165, 1.54) is 31.5 Å². The quantitative estimate of drug-likeness (QED) is 0.639. The molecule has 5 heteroatoms. The Morgan fingerprint density at radius 3 is 2.59 bits per heavy atom. The second-order valence-electron chi connectivity index (χ2n) is 3.19. The summed E-state index contributed by atoms with van der Waals surface area (Å²) in [6.45, 7) is 0. The van der Waals surface area contributed by atoms with Crippen molar-refractivity contribution in [2.75, 3.05) is 14.2 Å². The summed E-state index contributed by atoms with van der Waals surface area (Å²) in [7, 11) is 2.79. The maximum absolute atomic E-state index is 13.3. The van der Waals surface area contributed by atoms with Gasteiger partial charge in [0.25, 0.3) is 0 Å². The highest BCUT2D eigenvalue weighted by Crippen LogP contribution is 2.12. The summed E-state index contributed by atoms with van der Waals surface area (Å²) in [5.74, 6) is -1.13. The van der Waals surface area contributed by atoms with Crippen LogP contribution in [0.1, 0.15) is 15.9 Å². The summed E-state index contributed by atoms with van der Waals surface area (Å²) < 4.78 is 17.9. The zero-order valence-electron chi connectivity index (χ0n) is 9.61. The van der Waals surface area contributed by atoms with Gasteiger partial charge in [0.1, 0.15) is 5.82 Å². The molecule has 0 aromatic heterocycles. The normalized spacial score (nSPS) is 11.8. The van der Waals surface area contributed by atoms with Gasteiger partial charge in [-0.15, -0.1) is 0 Å². The molecule has 4 nitrogen and oxygen atoms in total. The van der Waals surface area contributed by atoms with E-state index < -0.39 is 11.8 Å². The topological polar surface area (TPSA) is 64.7 Å². The number of aliphatic imine (C=N–C) groups is 1. The van der Waals surface area contributed by atoms with Gasteiger partial charge in [-0.3, -0.25) is 4.99 Å². The molecule has 1 aromatic rings. The van der Waals surface area contributed by atoms with Crippen molar-refractivity contribution in [2.45, 2.75) is 0 Å². The molecule has 2 N–H and O–H groups in total. The van der Waals surface area contributed by atoms with E-state index in [0.29, 0.717) is 11.3 Å². The van der Waals surface area contributed by atoms with Crippen molar-refractivity contribution in [1.29, 1.82) is 0 Å². The lowest BCUT2D eigenvalue weighted by Crippen LogP contribution is -2.06. The van der Waals surface area contributed by atoms with Crippen molar-refractivity contribution >= 4 is 11.7 Å². The fourth-order valence-electron chi connectivity index (χ4n) is 1.36. The van der Waals surface area contributed by atoms with Gasteiger partial charge in [-0.05, 0) is 30.5 Å². The summed E-state index contributed by atoms with van der Waals surface area (Å²) >= 11 is 0. The molecule has 0 saturated heterocycles. The van der Waals surface area contributed by atoms with Crippen LogP contribution in [0.2, 0.25) is 0 Å². The fraction of sp³-hybridized carbons (Fsp3) is 0.167. The van der Waals surface area contributed by atoms with Gasteiger partial charge < -0.3 is 10.5 Å². The predicted molar refractivity (Wildman–Crippen MR) is 63.5 cm³/mol. The van der Waals surface area contributed by atoms with Crippen molar-refractivity contribution in [3.8, 4) is 0 Å². The lowest BCUT2D eigenvalue weighted by Gasteiger charge is -2.04. The number of hydrogen-bond donors (Lipinski definition) is 1. The molecule has 0 radical (unpaired) electrons. The Morgan fingerprint density at radius 1 is 1.41 bits per heavy atom. The minimum atomic E-state index is -0.599. The van der Waals surface area contributed by atoms with Crippen molar-refractivity contribution < 1.29 is 13.9 Å². The zero-order chi connectivity index (χ0) is 12.8. The monoisotopic (exact) mass is 236 g/mol. The first-order valence-electron chi connectivity index (χ1n) is 4.86. The minimum absolute atomic E-state index is 0.133. The van der Waals surface area contributed by atoms with Gasteiger partial charge in [0, 0.05) is 12.6 Å². The highest BCUT2D eigenvalue weighted by Gasteiger charge is 2.10. The van der Waals surface area contributed by atoms with E-state index in [9.17, 15) is 9.18 Å². The number of carbonyl (C=O) groups is 1. The average Bonchev–Trinajstić information content (AvgIpc) is 2.34. The minimum Gasteiger partial charge on any atom is -0.465 e. The SMILES string of the molecule is CN=C(/C=C\N)c1cc(F)cc(C(=O)OC)c1. The second kappa shape index (κ2) is 5.79. The molecule has 1 aromatic carbocycles. The highest BCUT2D eigenvalue weighted by atomic mass is 19.1. The van der Waals surface area contributed by atoms with Gasteiger partial charge in [0.15, 0.2) is 0 Å². The number of nitrogens with zero attached hydrogens (tertiary/aromatic N) is 1. The van der Waals surface area contributed by atoms with Gasteiger partial charge in [0.2, 0.25) is 0 Å². The smallest absolute Gasteiger partial charge is 0.337 e. The number of ether oxygens (including phenoxy) is 1. The Balaban J connectivity index is 3.26. The maximum atomic E-state index is 13.3. The van der Waals surface area contributed by atoms with E-state index in [-0.39, 0.29) is 5.56 Å². The van der Waals surface area contributed by atoms with Crippen LogP contribution in [0.5, 0.6) is 0 Å². The third-order valence-electron chi connectivity index (χ3n) is 2.11. The first-order chi connectivity index (χ1) is 8.12. The van der Waals surface area contributed by atoms with Crippen LogP contribution in [-0.2, 0) is 4.74 Å². The summed E-state index contributed by atoms with van der Waals surface area (Å²) in [4.78, 5) is 15.3. The van der Waals surface area contributed by atoms with Gasteiger partial charge in [-0.2, -0.15) is 0 Å². The number of rotatable bonds is 3. The van der Waals surface area contributed by atoms with Crippen molar-refractivity contribution in [2.24, 2.45) is 10.7 Å². The summed E-state index contributed by atoms with van der Waals surface area (Å²) in [6.07, 6.45) is 2.82. The van der Waals surface area contributed by atoms with Crippen LogP contribution in [-0.4, -0.2) is 25.8 Å². The van der Waals surface area contributed by atoms with E-state index in [1.807, 2.05) is 0 Å². The number of nitrogens with two attached hydrogens (primary N) is 1. The lowest BCUT2D eigenvalue weighted by atomic mass is 10.1. The standard InChI is InChI=1S/C12H13FN2O2/c1-15-11(3-4-14)8-5-9(12(16)17-2)7-10(13)6-8/h3-7H,14H2,1-2H3/b4-3-,15-11?. The van der Waals surface area contributed by atoms with Crippen LogP contribution >= 0.6 is 0 Å². The molecule has 0 unspecified atom stereocenters. The molecule has 0 amide bonds. The van der Waals surface area contributed by atoms with E-state index >= 15 is 0 Å². The summed E-state index contributed by atoms with van der Waals surface area (Å²) in [5, 5.41) is 0. The van der Waals surface area contributed by atoms with Crippen LogP contribution in [0.25, 0.3) is 0 Å². The third-order valence-corrected chi connectivity index (χ3v) is 2.11. The third kappa shape index (κ3) is 3.14. The van der Waals surface area contributed by atoms with Crippen LogP contribution in [0.15, 0.2) is 35.5 Å². The van der Waals surface area contributed by atoms with Gasteiger partial charge in [0.05, 0.1) is 18.4 Å². The Kier molecular flexibility index (Phi) is 4.39.